The number of nitrogens with zero attached hydrogens (tertiary/aromatic N) is 2. The maximum absolute atomic E-state index is 11.3. The van der Waals surface area contributed by atoms with Crippen LogP contribution >= 0.6 is 0 Å². The molecule has 1 unspecified atom stereocenters. The molecule has 0 saturated carbocycles. The maximum atomic E-state index is 11.3. The Balaban J connectivity index is 2.85. The van der Waals surface area contributed by atoms with Crippen molar-refractivity contribution in [3.8, 4) is 12.3 Å². The van der Waals surface area contributed by atoms with Crippen molar-refractivity contribution in [2.45, 2.75) is 12.5 Å². The monoisotopic (exact) mass is 166 g/mol. The summed E-state index contributed by atoms with van der Waals surface area (Å²) >= 11 is 0. The number of carbonyl (C=O) groups excluding carboxylic acids is 2. The first-order valence-electron chi connectivity index (χ1n) is 3.57. The van der Waals surface area contributed by atoms with Crippen molar-refractivity contribution in [1.29, 1.82) is 0 Å². The standard InChI is InChI=1S/C8H10N2O2/c1-4-5-6-7(11)10(3)8(12)9(6)2/h1,6H,5H2,2-3H3. The summed E-state index contributed by atoms with van der Waals surface area (Å²) in [4.78, 5) is 24.9. The summed E-state index contributed by atoms with van der Waals surface area (Å²) in [5.74, 6) is 2.15. The van der Waals surface area contributed by atoms with Gasteiger partial charge in [-0.2, -0.15) is 0 Å². The Morgan fingerprint density at radius 3 is 2.42 bits per heavy atom. The lowest BCUT2D eigenvalue weighted by molar-refractivity contribution is -0.127. The van der Waals surface area contributed by atoms with Gasteiger partial charge in [0.15, 0.2) is 0 Å². The third-order valence-corrected chi connectivity index (χ3v) is 1.98. The van der Waals surface area contributed by atoms with Crippen LogP contribution in [0.1, 0.15) is 6.42 Å². The average molecular weight is 166 g/mol. The minimum atomic E-state index is -0.465. The summed E-state index contributed by atoms with van der Waals surface area (Å²) in [5, 5.41) is 0. The molecule has 64 valence electrons. The van der Waals surface area contributed by atoms with Crippen LogP contribution in [0.25, 0.3) is 0 Å². The second-order valence-corrected chi connectivity index (χ2v) is 2.71. The van der Waals surface area contributed by atoms with E-state index in [4.69, 9.17) is 6.42 Å². The van der Waals surface area contributed by atoms with Gasteiger partial charge >= 0.3 is 6.03 Å². The number of terminal acetylenes is 1. The third-order valence-electron chi connectivity index (χ3n) is 1.98. The number of likely N-dealkylation sites (N-methyl/N-ethyl adjacent to an activating group) is 2. The lowest BCUT2D eigenvalue weighted by Gasteiger charge is -2.12. The zero-order chi connectivity index (χ0) is 9.30. The summed E-state index contributed by atoms with van der Waals surface area (Å²) in [6, 6.07) is -0.757. The van der Waals surface area contributed by atoms with Crippen LogP contribution in [0.2, 0.25) is 0 Å². The Bertz CT molecular complexity index is 267. The van der Waals surface area contributed by atoms with Crippen molar-refractivity contribution in [2.75, 3.05) is 14.1 Å². The number of hydrogen-bond acceptors (Lipinski definition) is 2. The molecule has 0 spiro atoms. The van der Waals surface area contributed by atoms with Crippen molar-refractivity contribution >= 4 is 11.9 Å². The van der Waals surface area contributed by atoms with E-state index in [0.717, 1.165) is 4.90 Å². The topological polar surface area (TPSA) is 40.6 Å². The van der Waals surface area contributed by atoms with Crippen LogP contribution in [0.15, 0.2) is 0 Å². The van der Waals surface area contributed by atoms with E-state index in [9.17, 15) is 9.59 Å². The van der Waals surface area contributed by atoms with Gasteiger partial charge in [-0.15, -0.1) is 12.3 Å². The van der Waals surface area contributed by atoms with Crippen molar-refractivity contribution in [3.63, 3.8) is 0 Å². The molecule has 1 atom stereocenters. The van der Waals surface area contributed by atoms with E-state index in [1.54, 1.807) is 7.05 Å². The minimum absolute atomic E-state index is 0.222. The first-order valence-corrected chi connectivity index (χ1v) is 3.57. The Labute approximate surface area is 71.1 Å². The van der Waals surface area contributed by atoms with Crippen molar-refractivity contribution < 1.29 is 9.59 Å². The molecule has 1 aliphatic rings. The highest BCUT2D eigenvalue weighted by Crippen LogP contribution is 2.15. The summed E-state index contributed by atoms with van der Waals surface area (Å²) < 4.78 is 0. The van der Waals surface area contributed by atoms with Crippen molar-refractivity contribution in [3.05, 3.63) is 0 Å². The largest absolute Gasteiger partial charge is 0.326 e. The van der Waals surface area contributed by atoms with Crippen LogP contribution in [0.5, 0.6) is 0 Å². The van der Waals surface area contributed by atoms with Crippen LogP contribution in [-0.4, -0.2) is 41.9 Å². The van der Waals surface area contributed by atoms with E-state index < -0.39 is 6.04 Å². The predicted octanol–water partition coefficient (Wildman–Crippen LogP) is -0.0979. The second-order valence-electron chi connectivity index (χ2n) is 2.71. The normalized spacial score (nSPS) is 23.2. The van der Waals surface area contributed by atoms with Crippen molar-refractivity contribution in [2.24, 2.45) is 0 Å². The van der Waals surface area contributed by atoms with E-state index in [1.165, 1.54) is 11.9 Å². The fourth-order valence-corrected chi connectivity index (χ4v) is 1.19. The van der Waals surface area contributed by atoms with Crippen molar-refractivity contribution in [1.82, 2.24) is 9.80 Å². The molecule has 0 radical (unpaired) electrons. The molecule has 0 bridgehead atoms. The number of imide groups is 1. The highest BCUT2D eigenvalue weighted by atomic mass is 16.2. The van der Waals surface area contributed by atoms with Gasteiger partial charge in [0.05, 0.1) is 0 Å². The first-order chi connectivity index (χ1) is 5.59. The van der Waals surface area contributed by atoms with E-state index in [1.807, 2.05) is 0 Å². The molecule has 3 amide bonds. The average Bonchev–Trinajstić information content (AvgIpc) is 2.23. The Kier molecular flexibility index (Phi) is 2.05. The number of amides is 3. The molecule has 0 aromatic rings. The molecular formula is C8H10N2O2. The predicted molar refractivity (Wildman–Crippen MR) is 43.2 cm³/mol. The number of carbonyl (C=O) groups is 2. The molecule has 0 N–H and O–H groups in total. The molecular weight excluding hydrogens is 156 g/mol. The number of rotatable bonds is 1. The molecule has 4 nitrogen and oxygen atoms in total. The SMILES string of the molecule is C#CCC1C(=O)N(C)C(=O)N1C. The smallest absolute Gasteiger partial charge is 0.314 e. The van der Waals surface area contributed by atoms with E-state index in [-0.39, 0.29) is 18.4 Å². The quantitative estimate of drug-likeness (QED) is 0.403. The fourth-order valence-electron chi connectivity index (χ4n) is 1.19. The molecule has 0 aromatic heterocycles. The highest BCUT2D eigenvalue weighted by molar-refractivity contribution is 6.03. The summed E-state index contributed by atoms with van der Waals surface area (Å²) in [5.41, 5.74) is 0. The molecule has 1 rings (SSSR count). The molecule has 1 heterocycles. The van der Waals surface area contributed by atoms with Gasteiger partial charge in [0.25, 0.3) is 5.91 Å². The van der Waals surface area contributed by atoms with Gasteiger partial charge in [0, 0.05) is 20.5 Å². The Hall–Kier alpha value is -1.50. The fraction of sp³-hybridized carbons (Fsp3) is 0.500. The molecule has 0 aromatic carbocycles. The van der Waals surface area contributed by atoms with E-state index in [0.29, 0.717) is 0 Å². The van der Waals surface area contributed by atoms with Gasteiger partial charge in [0.1, 0.15) is 6.04 Å². The third kappa shape index (κ3) is 1.03. The van der Waals surface area contributed by atoms with Gasteiger partial charge in [-0.05, 0) is 0 Å². The molecule has 4 heteroatoms. The van der Waals surface area contributed by atoms with Crippen LogP contribution in [0.4, 0.5) is 4.79 Å². The number of hydrogen-bond donors (Lipinski definition) is 0. The molecule has 12 heavy (non-hydrogen) atoms. The lowest BCUT2D eigenvalue weighted by Crippen LogP contribution is -2.30. The van der Waals surface area contributed by atoms with Crippen LogP contribution in [0, 0.1) is 12.3 Å². The van der Waals surface area contributed by atoms with E-state index in [2.05, 4.69) is 5.92 Å². The second kappa shape index (κ2) is 2.86. The van der Waals surface area contributed by atoms with Crippen LogP contribution in [-0.2, 0) is 4.79 Å². The van der Waals surface area contributed by atoms with Gasteiger partial charge in [-0.1, -0.05) is 0 Å². The Morgan fingerprint density at radius 1 is 1.50 bits per heavy atom. The molecule has 1 aliphatic heterocycles. The Morgan fingerprint density at radius 2 is 2.08 bits per heavy atom. The zero-order valence-electron chi connectivity index (χ0n) is 7.07. The lowest BCUT2D eigenvalue weighted by atomic mass is 10.2. The maximum Gasteiger partial charge on any atom is 0.326 e. The van der Waals surface area contributed by atoms with Crippen LogP contribution < -0.4 is 0 Å². The summed E-state index contributed by atoms with van der Waals surface area (Å²) in [7, 11) is 3.03. The van der Waals surface area contributed by atoms with Gasteiger partial charge < -0.3 is 4.90 Å². The summed E-state index contributed by atoms with van der Waals surface area (Å²) in [6.07, 6.45) is 5.35. The minimum Gasteiger partial charge on any atom is -0.314 e. The van der Waals surface area contributed by atoms with E-state index >= 15 is 0 Å². The highest BCUT2D eigenvalue weighted by Gasteiger charge is 2.39. The van der Waals surface area contributed by atoms with Gasteiger partial charge in [-0.3, -0.25) is 9.69 Å². The first kappa shape index (κ1) is 8.60. The van der Waals surface area contributed by atoms with Crippen LogP contribution in [0.3, 0.4) is 0 Å². The zero-order valence-corrected chi connectivity index (χ0v) is 7.07. The number of urea groups is 1. The molecule has 1 fully saturated rings. The summed E-state index contributed by atoms with van der Waals surface area (Å²) in [6.45, 7) is 0. The molecule has 1 saturated heterocycles. The van der Waals surface area contributed by atoms with Gasteiger partial charge in [0.2, 0.25) is 0 Å². The van der Waals surface area contributed by atoms with Gasteiger partial charge in [-0.25, -0.2) is 4.79 Å². The molecule has 0 aliphatic carbocycles.